The maximum atomic E-state index is 13.7. The highest BCUT2D eigenvalue weighted by Crippen LogP contribution is 2.26. The average Bonchev–Trinajstić information content (AvgIpc) is 3.30. The highest BCUT2D eigenvalue weighted by molar-refractivity contribution is 6.11. The van der Waals surface area contributed by atoms with Gasteiger partial charge in [0, 0.05) is 41.3 Å². The van der Waals surface area contributed by atoms with Crippen LogP contribution in [0.2, 0.25) is 0 Å². The molecule has 4 rings (SSSR count). The third-order valence-electron chi connectivity index (χ3n) is 6.05. The van der Waals surface area contributed by atoms with Crippen molar-refractivity contribution in [3.63, 3.8) is 0 Å². The minimum absolute atomic E-state index is 0.0299. The normalized spacial score (nSPS) is 12.9. The summed E-state index contributed by atoms with van der Waals surface area (Å²) in [4.78, 5) is 29.2. The number of H-pyrrole nitrogens is 1. The van der Waals surface area contributed by atoms with Gasteiger partial charge in [0.2, 0.25) is 0 Å². The van der Waals surface area contributed by atoms with Crippen LogP contribution >= 0.6 is 0 Å². The van der Waals surface area contributed by atoms with Crippen molar-refractivity contribution in [2.24, 2.45) is 0 Å². The number of hydrogen-bond acceptors (Lipinski definition) is 4. The molecule has 4 N–H and O–H groups in total. The summed E-state index contributed by atoms with van der Waals surface area (Å²) in [6.45, 7) is 4.52. The van der Waals surface area contributed by atoms with Crippen LogP contribution in [0, 0.1) is 6.92 Å². The summed E-state index contributed by atoms with van der Waals surface area (Å²) in [5.41, 5.74) is 5.11. The molecule has 180 valence electrons. The zero-order valence-electron chi connectivity index (χ0n) is 20.0. The largest absolute Gasteiger partial charge is 0.392 e. The van der Waals surface area contributed by atoms with Gasteiger partial charge in [-0.25, -0.2) is 0 Å². The van der Waals surface area contributed by atoms with Gasteiger partial charge in [0.25, 0.3) is 5.91 Å². The molecule has 0 bridgehead atoms. The van der Waals surface area contributed by atoms with Crippen molar-refractivity contribution in [3.05, 3.63) is 107 Å². The molecule has 6 heteroatoms. The Morgan fingerprint density at radius 3 is 2.46 bits per heavy atom. The van der Waals surface area contributed by atoms with E-state index in [0.717, 1.165) is 17.4 Å². The number of ketones is 1. The monoisotopic (exact) mass is 469 g/mol. The number of aromatic nitrogens is 1. The molecule has 0 aliphatic heterocycles. The maximum Gasteiger partial charge on any atom is 0.251 e. The number of amides is 1. The summed E-state index contributed by atoms with van der Waals surface area (Å²) in [6.07, 6.45) is 1.91. The van der Waals surface area contributed by atoms with Crippen LogP contribution in [-0.4, -0.2) is 41.0 Å². The standard InChI is InChI=1S/C29H31N3O3/c1-19-8-10-21(11-9-19)14-15-30-27(22-6-4-3-5-7-22)28(34)25-18-31-26-16-23(12-13-24(25)26)29(35)32-17-20(2)33/h3-13,16,18,20,27,30-31,33H,14-15,17H2,1-2H3,(H,32,35)/t20-,27+/m0/s1. The van der Waals surface area contributed by atoms with Crippen molar-refractivity contribution in [1.82, 2.24) is 15.6 Å². The highest BCUT2D eigenvalue weighted by atomic mass is 16.3. The first-order valence-electron chi connectivity index (χ1n) is 11.9. The third kappa shape index (κ3) is 6.04. The lowest BCUT2D eigenvalue weighted by molar-refractivity contribution is 0.0922. The summed E-state index contributed by atoms with van der Waals surface area (Å²) in [7, 11) is 0. The van der Waals surface area contributed by atoms with E-state index < -0.39 is 12.1 Å². The topological polar surface area (TPSA) is 94.2 Å². The Hall–Kier alpha value is -3.74. The molecular weight excluding hydrogens is 438 g/mol. The Labute approximate surface area is 205 Å². The van der Waals surface area contributed by atoms with Gasteiger partial charge in [0.1, 0.15) is 0 Å². The molecule has 0 fully saturated rings. The number of aliphatic hydroxyl groups is 1. The first-order valence-corrected chi connectivity index (χ1v) is 11.9. The van der Waals surface area contributed by atoms with Crippen molar-refractivity contribution in [2.75, 3.05) is 13.1 Å². The molecule has 35 heavy (non-hydrogen) atoms. The number of hydrogen-bond donors (Lipinski definition) is 4. The Balaban J connectivity index is 1.54. The SMILES string of the molecule is Cc1ccc(CCN[C@@H](C(=O)c2c[nH]c3cc(C(=O)NC[C@H](C)O)ccc23)c2ccccc2)cc1. The van der Waals surface area contributed by atoms with E-state index in [9.17, 15) is 14.7 Å². The van der Waals surface area contributed by atoms with Gasteiger partial charge < -0.3 is 20.7 Å². The molecule has 0 saturated heterocycles. The zero-order chi connectivity index (χ0) is 24.8. The second-order valence-corrected chi connectivity index (χ2v) is 8.92. The van der Waals surface area contributed by atoms with Gasteiger partial charge in [-0.1, -0.05) is 66.2 Å². The van der Waals surface area contributed by atoms with E-state index in [1.54, 1.807) is 31.3 Å². The number of aromatic amines is 1. The van der Waals surface area contributed by atoms with Crippen LogP contribution in [0.5, 0.6) is 0 Å². The van der Waals surface area contributed by atoms with Gasteiger partial charge in [0.05, 0.1) is 12.1 Å². The average molecular weight is 470 g/mol. The lowest BCUT2D eigenvalue weighted by Crippen LogP contribution is -2.30. The summed E-state index contributed by atoms with van der Waals surface area (Å²) in [6, 6.07) is 22.9. The maximum absolute atomic E-state index is 13.7. The third-order valence-corrected chi connectivity index (χ3v) is 6.05. The number of carbonyl (C=O) groups is 2. The molecule has 3 aromatic carbocycles. The molecule has 4 aromatic rings. The van der Waals surface area contributed by atoms with E-state index >= 15 is 0 Å². The Bertz CT molecular complexity index is 1290. The van der Waals surface area contributed by atoms with E-state index in [4.69, 9.17) is 0 Å². The van der Waals surface area contributed by atoms with E-state index in [0.29, 0.717) is 23.2 Å². The van der Waals surface area contributed by atoms with Crippen LogP contribution in [0.3, 0.4) is 0 Å². The van der Waals surface area contributed by atoms with Crippen LogP contribution in [0.4, 0.5) is 0 Å². The molecular formula is C29H31N3O3. The number of aryl methyl sites for hydroxylation is 1. The summed E-state index contributed by atoms with van der Waals surface area (Å²) >= 11 is 0. The van der Waals surface area contributed by atoms with Crippen LogP contribution in [-0.2, 0) is 6.42 Å². The highest BCUT2D eigenvalue weighted by Gasteiger charge is 2.24. The number of nitrogens with one attached hydrogen (secondary N) is 3. The predicted molar refractivity (Wildman–Crippen MR) is 139 cm³/mol. The molecule has 2 atom stereocenters. The van der Waals surface area contributed by atoms with Crippen LogP contribution < -0.4 is 10.6 Å². The zero-order valence-corrected chi connectivity index (χ0v) is 20.0. The van der Waals surface area contributed by atoms with Crippen molar-refractivity contribution in [1.29, 1.82) is 0 Å². The van der Waals surface area contributed by atoms with Crippen LogP contribution in [0.15, 0.2) is 79.0 Å². The van der Waals surface area contributed by atoms with Crippen molar-refractivity contribution in [2.45, 2.75) is 32.4 Å². The number of fused-ring (bicyclic) bond motifs is 1. The number of rotatable bonds is 10. The first-order chi connectivity index (χ1) is 16.9. The van der Waals surface area contributed by atoms with E-state index in [1.807, 2.05) is 30.3 Å². The number of Topliss-reactive ketones (excluding diaryl/α,β-unsaturated/α-hetero) is 1. The Morgan fingerprint density at radius 2 is 1.74 bits per heavy atom. The lowest BCUT2D eigenvalue weighted by Gasteiger charge is -2.18. The van der Waals surface area contributed by atoms with Gasteiger partial charge >= 0.3 is 0 Å². The predicted octanol–water partition coefficient (Wildman–Crippen LogP) is 4.34. The number of benzene rings is 3. The van der Waals surface area contributed by atoms with Crippen LogP contribution in [0.1, 0.15) is 50.4 Å². The summed E-state index contributed by atoms with van der Waals surface area (Å²) < 4.78 is 0. The van der Waals surface area contributed by atoms with Gasteiger partial charge in [-0.05, 0) is 43.5 Å². The summed E-state index contributed by atoms with van der Waals surface area (Å²) in [5, 5.41) is 16.3. The molecule has 1 aromatic heterocycles. The smallest absolute Gasteiger partial charge is 0.251 e. The Kier molecular flexibility index (Phi) is 7.75. The molecule has 1 amide bonds. The fraction of sp³-hybridized carbons (Fsp3) is 0.241. The van der Waals surface area contributed by atoms with Gasteiger partial charge in [0.15, 0.2) is 5.78 Å². The quantitative estimate of drug-likeness (QED) is 0.260. The molecule has 0 radical (unpaired) electrons. The van der Waals surface area contributed by atoms with Gasteiger partial charge in [-0.15, -0.1) is 0 Å². The van der Waals surface area contributed by atoms with Crippen molar-refractivity contribution in [3.8, 4) is 0 Å². The molecule has 0 spiro atoms. The lowest BCUT2D eigenvalue weighted by atomic mass is 9.96. The molecule has 6 nitrogen and oxygen atoms in total. The second kappa shape index (κ2) is 11.1. The minimum Gasteiger partial charge on any atom is -0.392 e. The molecule has 0 aliphatic rings. The Morgan fingerprint density at radius 1 is 1.00 bits per heavy atom. The van der Waals surface area contributed by atoms with Crippen LogP contribution in [0.25, 0.3) is 10.9 Å². The first kappa shape index (κ1) is 24.4. The minimum atomic E-state index is -0.620. The van der Waals surface area contributed by atoms with Gasteiger partial charge in [-0.3, -0.25) is 9.59 Å². The van der Waals surface area contributed by atoms with Crippen molar-refractivity contribution < 1.29 is 14.7 Å². The fourth-order valence-corrected chi connectivity index (χ4v) is 4.09. The molecule has 0 unspecified atom stereocenters. The van der Waals surface area contributed by atoms with E-state index in [1.165, 1.54) is 11.1 Å². The molecule has 0 saturated carbocycles. The molecule has 0 aliphatic carbocycles. The van der Waals surface area contributed by atoms with E-state index in [-0.39, 0.29) is 18.2 Å². The molecule has 1 heterocycles. The summed E-state index contributed by atoms with van der Waals surface area (Å²) in [5.74, 6) is -0.298. The van der Waals surface area contributed by atoms with E-state index in [2.05, 4.69) is 46.8 Å². The fourth-order valence-electron chi connectivity index (χ4n) is 4.09. The number of carbonyl (C=O) groups excluding carboxylic acids is 2. The van der Waals surface area contributed by atoms with Gasteiger partial charge in [-0.2, -0.15) is 0 Å². The van der Waals surface area contributed by atoms with Crippen molar-refractivity contribution >= 4 is 22.6 Å². The number of aliphatic hydroxyl groups excluding tert-OH is 1. The second-order valence-electron chi connectivity index (χ2n) is 8.92.